The molecule has 0 saturated carbocycles. The topological polar surface area (TPSA) is 37.3 Å². The number of hydrogen-bond donors (Lipinski definition) is 1. The Morgan fingerprint density at radius 3 is 2.33 bits per heavy atom. The number of aliphatic carboxylic acids is 1. The highest BCUT2D eigenvalue weighted by atomic mass is 16.4. The third kappa shape index (κ3) is 1.42. The second kappa shape index (κ2) is 1.99. The standard InChI is InChI=1S/C6H11NO2/c1-2-7(3-4-7)5-6(8)9/h2-5H2,1H3/p+1. The van der Waals surface area contributed by atoms with Crippen LogP contribution in [0.5, 0.6) is 0 Å². The van der Waals surface area contributed by atoms with Crippen LogP contribution in [0.4, 0.5) is 0 Å². The zero-order valence-electron chi connectivity index (χ0n) is 5.63. The summed E-state index contributed by atoms with van der Waals surface area (Å²) in [6.07, 6.45) is 0. The summed E-state index contributed by atoms with van der Waals surface area (Å²) in [5, 5.41) is 8.40. The van der Waals surface area contributed by atoms with Crippen LogP contribution in [0.1, 0.15) is 6.92 Å². The van der Waals surface area contributed by atoms with Gasteiger partial charge in [-0.05, 0) is 6.92 Å². The molecule has 3 heteroatoms. The largest absolute Gasteiger partial charge is 0.477 e. The van der Waals surface area contributed by atoms with Gasteiger partial charge in [-0.25, -0.2) is 4.79 Å². The number of hydrogen-bond acceptors (Lipinski definition) is 1. The van der Waals surface area contributed by atoms with Crippen molar-refractivity contribution < 1.29 is 14.4 Å². The molecule has 1 rings (SSSR count). The van der Waals surface area contributed by atoms with Crippen LogP contribution in [-0.2, 0) is 4.79 Å². The van der Waals surface area contributed by atoms with Crippen LogP contribution in [0.25, 0.3) is 0 Å². The van der Waals surface area contributed by atoms with Crippen molar-refractivity contribution in [1.82, 2.24) is 0 Å². The van der Waals surface area contributed by atoms with E-state index in [1.807, 2.05) is 6.92 Å². The third-order valence-electron chi connectivity index (χ3n) is 2.00. The van der Waals surface area contributed by atoms with E-state index < -0.39 is 5.97 Å². The number of carboxylic acids is 1. The first kappa shape index (κ1) is 6.55. The number of carboxylic acid groups (broad SMARTS) is 1. The van der Waals surface area contributed by atoms with Crippen LogP contribution >= 0.6 is 0 Å². The number of carbonyl (C=O) groups is 1. The average molecular weight is 130 g/mol. The molecule has 1 saturated heterocycles. The van der Waals surface area contributed by atoms with Crippen LogP contribution in [0.2, 0.25) is 0 Å². The van der Waals surface area contributed by atoms with Crippen LogP contribution in [0, 0.1) is 0 Å². The minimum absolute atomic E-state index is 0.316. The van der Waals surface area contributed by atoms with E-state index in [1.165, 1.54) is 0 Å². The van der Waals surface area contributed by atoms with E-state index >= 15 is 0 Å². The van der Waals surface area contributed by atoms with Gasteiger partial charge in [0.1, 0.15) is 13.1 Å². The van der Waals surface area contributed by atoms with E-state index in [0.717, 1.165) is 24.1 Å². The van der Waals surface area contributed by atoms with Crippen LogP contribution < -0.4 is 0 Å². The van der Waals surface area contributed by atoms with Gasteiger partial charge in [0, 0.05) is 0 Å². The number of nitrogens with zero attached hydrogens (tertiary/aromatic N) is 1. The minimum atomic E-state index is -0.672. The average Bonchev–Trinajstić information content (AvgIpc) is 2.48. The molecule has 0 spiro atoms. The first-order valence-electron chi connectivity index (χ1n) is 3.25. The van der Waals surface area contributed by atoms with E-state index in [4.69, 9.17) is 5.11 Å². The van der Waals surface area contributed by atoms with E-state index in [0.29, 0.717) is 6.54 Å². The molecule has 0 aromatic heterocycles. The Labute approximate surface area is 54.5 Å². The zero-order valence-corrected chi connectivity index (χ0v) is 5.63. The quantitative estimate of drug-likeness (QED) is 0.428. The van der Waals surface area contributed by atoms with Gasteiger partial charge in [-0.3, -0.25) is 0 Å². The van der Waals surface area contributed by atoms with Gasteiger partial charge < -0.3 is 9.59 Å². The molecule has 1 heterocycles. The van der Waals surface area contributed by atoms with Gasteiger partial charge in [0.25, 0.3) is 0 Å². The lowest BCUT2D eigenvalue weighted by molar-refractivity contribution is -0.789. The van der Waals surface area contributed by atoms with E-state index in [1.54, 1.807) is 0 Å². The summed E-state index contributed by atoms with van der Waals surface area (Å²) >= 11 is 0. The van der Waals surface area contributed by atoms with Crippen molar-refractivity contribution in [3.05, 3.63) is 0 Å². The second-order valence-electron chi connectivity index (χ2n) is 2.66. The Kier molecular flexibility index (Phi) is 1.45. The smallest absolute Gasteiger partial charge is 0.359 e. The SMILES string of the molecule is CC[N+]1(CC(=O)O)CC1. The fourth-order valence-corrected chi connectivity index (χ4v) is 1.01. The highest BCUT2D eigenvalue weighted by Gasteiger charge is 2.41. The lowest BCUT2D eigenvalue weighted by Gasteiger charge is -2.11. The summed E-state index contributed by atoms with van der Waals surface area (Å²) in [5.41, 5.74) is 0. The molecular weight excluding hydrogens is 118 g/mol. The predicted molar refractivity (Wildman–Crippen MR) is 33.0 cm³/mol. The zero-order chi connectivity index (χ0) is 6.91. The Bertz CT molecular complexity index is 129. The molecular formula is C6H12NO2+. The summed E-state index contributed by atoms with van der Waals surface area (Å²) < 4.78 is 0.801. The number of rotatable bonds is 3. The molecule has 0 radical (unpaired) electrons. The summed E-state index contributed by atoms with van der Waals surface area (Å²) in [6.45, 7) is 5.43. The molecule has 0 unspecified atom stereocenters. The predicted octanol–water partition coefficient (Wildman–Crippen LogP) is -0.0787. The Balaban J connectivity index is 2.33. The van der Waals surface area contributed by atoms with Crippen molar-refractivity contribution in [2.75, 3.05) is 26.2 Å². The van der Waals surface area contributed by atoms with Crippen LogP contribution in [0.15, 0.2) is 0 Å². The summed E-state index contributed by atoms with van der Waals surface area (Å²) in [6, 6.07) is 0. The second-order valence-corrected chi connectivity index (χ2v) is 2.66. The van der Waals surface area contributed by atoms with Gasteiger partial charge in [-0.2, -0.15) is 0 Å². The minimum Gasteiger partial charge on any atom is -0.477 e. The molecule has 0 bridgehead atoms. The van der Waals surface area contributed by atoms with Crippen molar-refractivity contribution in [3.8, 4) is 0 Å². The fourth-order valence-electron chi connectivity index (χ4n) is 1.01. The van der Waals surface area contributed by atoms with E-state index in [9.17, 15) is 4.79 Å². The summed E-state index contributed by atoms with van der Waals surface area (Å²) in [5.74, 6) is -0.672. The summed E-state index contributed by atoms with van der Waals surface area (Å²) in [7, 11) is 0. The highest BCUT2D eigenvalue weighted by Crippen LogP contribution is 2.18. The van der Waals surface area contributed by atoms with Crippen molar-refractivity contribution in [1.29, 1.82) is 0 Å². The molecule has 0 aromatic carbocycles. The first-order valence-corrected chi connectivity index (χ1v) is 3.25. The molecule has 1 aliphatic heterocycles. The monoisotopic (exact) mass is 130 g/mol. The van der Waals surface area contributed by atoms with Gasteiger partial charge in [-0.1, -0.05) is 0 Å². The molecule has 1 fully saturated rings. The maximum atomic E-state index is 10.2. The molecule has 0 amide bonds. The van der Waals surface area contributed by atoms with Gasteiger partial charge in [0.05, 0.1) is 6.54 Å². The van der Waals surface area contributed by atoms with Crippen LogP contribution in [0.3, 0.4) is 0 Å². The molecule has 3 nitrogen and oxygen atoms in total. The fraction of sp³-hybridized carbons (Fsp3) is 0.833. The number of likely N-dealkylation sites (N-methyl/N-ethyl adjacent to an activating group) is 1. The molecule has 9 heavy (non-hydrogen) atoms. The normalized spacial score (nSPS) is 21.4. The molecule has 0 aromatic rings. The lowest BCUT2D eigenvalue weighted by Crippen LogP contribution is -2.31. The highest BCUT2D eigenvalue weighted by molar-refractivity contribution is 5.68. The van der Waals surface area contributed by atoms with Gasteiger partial charge in [0.15, 0.2) is 6.54 Å². The van der Waals surface area contributed by atoms with Crippen LogP contribution in [-0.4, -0.2) is 41.7 Å². The Morgan fingerprint density at radius 2 is 2.22 bits per heavy atom. The van der Waals surface area contributed by atoms with Crippen molar-refractivity contribution in [2.45, 2.75) is 6.92 Å². The first-order chi connectivity index (χ1) is 4.18. The summed E-state index contributed by atoms with van der Waals surface area (Å²) in [4.78, 5) is 10.2. The van der Waals surface area contributed by atoms with Crippen molar-refractivity contribution in [2.24, 2.45) is 0 Å². The maximum Gasteiger partial charge on any atom is 0.359 e. The molecule has 1 aliphatic rings. The van der Waals surface area contributed by atoms with Gasteiger partial charge in [0.2, 0.25) is 0 Å². The van der Waals surface area contributed by atoms with E-state index in [2.05, 4.69) is 0 Å². The molecule has 1 N–H and O–H groups in total. The molecule has 52 valence electrons. The van der Waals surface area contributed by atoms with Gasteiger partial charge in [-0.15, -0.1) is 0 Å². The Hall–Kier alpha value is -0.570. The molecule has 0 aliphatic carbocycles. The molecule has 0 atom stereocenters. The van der Waals surface area contributed by atoms with Crippen molar-refractivity contribution >= 4 is 5.97 Å². The third-order valence-corrected chi connectivity index (χ3v) is 2.00. The maximum absolute atomic E-state index is 10.2. The number of quaternary nitrogens is 1. The lowest BCUT2D eigenvalue weighted by atomic mass is 10.5. The van der Waals surface area contributed by atoms with Gasteiger partial charge >= 0.3 is 5.97 Å². The van der Waals surface area contributed by atoms with Crippen molar-refractivity contribution in [3.63, 3.8) is 0 Å². The van der Waals surface area contributed by atoms with E-state index in [-0.39, 0.29) is 0 Å². The Morgan fingerprint density at radius 1 is 1.67 bits per heavy atom.